The molecule has 0 fully saturated rings. The van der Waals surface area contributed by atoms with Crippen LogP contribution in [0.25, 0.3) is 11.5 Å². The van der Waals surface area contributed by atoms with Gasteiger partial charge in [0.15, 0.2) is 0 Å². The number of halogens is 3. The number of amides is 1. The summed E-state index contributed by atoms with van der Waals surface area (Å²) in [6, 6.07) is 18.7. The Bertz CT molecular complexity index is 1340. The zero-order valence-corrected chi connectivity index (χ0v) is 17.6. The molecule has 2 heterocycles. The van der Waals surface area contributed by atoms with E-state index in [9.17, 15) is 23.1 Å². The lowest BCUT2D eigenvalue weighted by Gasteiger charge is -2.32. The van der Waals surface area contributed by atoms with E-state index in [1.807, 2.05) is 0 Å². The Kier molecular flexibility index (Phi) is 5.62. The third kappa shape index (κ3) is 3.84. The molecule has 0 bridgehead atoms. The summed E-state index contributed by atoms with van der Waals surface area (Å²) in [6.45, 7) is 0.172. The molecular formula is C25H18F3N3O3. The second-order valence-electron chi connectivity index (χ2n) is 7.87. The van der Waals surface area contributed by atoms with Gasteiger partial charge in [-0.1, -0.05) is 54.6 Å². The van der Waals surface area contributed by atoms with Crippen molar-refractivity contribution in [1.82, 2.24) is 15.1 Å². The molecule has 1 aliphatic heterocycles. The monoisotopic (exact) mass is 465 g/mol. The second-order valence-corrected chi connectivity index (χ2v) is 7.87. The molecule has 0 saturated carbocycles. The molecule has 1 aliphatic rings. The summed E-state index contributed by atoms with van der Waals surface area (Å²) in [6.07, 6.45) is -4.23. The van der Waals surface area contributed by atoms with Crippen molar-refractivity contribution in [2.45, 2.75) is 25.1 Å². The van der Waals surface area contributed by atoms with Gasteiger partial charge in [-0.2, -0.15) is 8.78 Å². The van der Waals surface area contributed by atoms with Crippen LogP contribution in [0.1, 0.15) is 51.5 Å². The Morgan fingerprint density at radius 2 is 1.71 bits per heavy atom. The van der Waals surface area contributed by atoms with Gasteiger partial charge in [-0.05, 0) is 29.3 Å². The summed E-state index contributed by atoms with van der Waals surface area (Å²) < 4.78 is 45.2. The van der Waals surface area contributed by atoms with Gasteiger partial charge in [0.25, 0.3) is 11.8 Å². The van der Waals surface area contributed by atoms with Crippen LogP contribution in [0.3, 0.4) is 0 Å². The zero-order chi connectivity index (χ0) is 23.8. The molecule has 1 amide bonds. The van der Waals surface area contributed by atoms with Crippen LogP contribution in [0.5, 0.6) is 0 Å². The van der Waals surface area contributed by atoms with Crippen LogP contribution in [0.4, 0.5) is 13.2 Å². The van der Waals surface area contributed by atoms with E-state index in [1.165, 1.54) is 29.2 Å². The smallest absolute Gasteiger partial charge is 0.314 e. The number of benzene rings is 3. The number of aliphatic hydroxyl groups excluding tert-OH is 1. The van der Waals surface area contributed by atoms with Crippen LogP contribution in [0.2, 0.25) is 0 Å². The van der Waals surface area contributed by atoms with Crippen molar-refractivity contribution in [2.24, 2.45) is 0 Å². The van der Waals surface area contributed by atoms with Crippen molar-refractivity contribution < 1.29 is 27.5 Å². The summed E-state index contributed by atoms with van der Waals surface area (Å²) in [5.41, 5.74) is 2.02. The summed E-state index contributed by atoms with van der Waals surface area (Å²) >= 11 is 0. The Morgan fingerprint density at radius 3 is 2.41 bits per heavy atom. The second kappa shape index (κ2) is 8.75. The van der Waals surface area contributed by atoms with Gasteiger partial charge in [0.1, 0.15) is 11.9 Å². The summed E-state index contributed by atoms with van der Waals surface area (Å²) in [4.78, 5) is 14.9. The Hall–Kier alpha value is -3.98. The largest absolute Gasteiger partial charge is 0.415 e. The molecule has 4 aromatic rings. The molecule has 1 N–H and O–H groups in total. The first kappa shape index (κ1) is 21.8. The van der Waals surface area contributed by atoms with Crippen LogP contribution in [0.15, 0.2) is 77.2 Å². The van der Waals surface area contributed by atoms with Crippen LogP contribution in [-0.4, -0.2) is 26.1 Å². The van der Waals surface area contributed by atoms with Gasteiger partial charge in [-0.15, -0.1) is 10.2 Å². The van der Waals surface area contributed by atoms with Gasteiger partial charge >= 0.3 is 6.43 Å². The topological polar surface area (TPSA) is 79.5 Å². The molecule has 34 heavy (non-hydrogen) atoms. The minimum atomic E-state index is -2.90. The van der Waals surface area contributed by atoms with E-state index in [4.69, 9.17) is 4.42 Å². The number of alkyl halides is 2. The van der Waals surface area contributed by atoms with Gasteiger partial charge < -0.3 is 14.4 Å². The highest BCUT2D eigenvalue weighted by atomic mass is 19.3. The number of aliphatic hydroxyl groups is 1. The van der Waals surface area contributed by atoms with Crippen molar-refractivity contribution in [3.63, 3.8) is 0 Å². The first-order chi connectivity index (χ1) is 16.4. The molecule has 9 heteroatoms. The fourth-order valence-electron chi connectivity index (χ4n) is 4.19. The Balaban J connectivity index is 1.52. The lowest BCUT2D eigenvalue weighted by molar-refractivity contribution is 0.0348. The average molecular weight is 465 g/mol. The predicted molar refractivity (Wildman–Crippen MR) is 115 cm³/mol. The van der Waals surface area contributed by atoms with E-state index in [1.54, 1.807) is 48.5 Å². The van der Waals surface area contributed by atoms with Crippen LogP contribution in [0, 0.1) is 5.82 Å². The SMILES string of the molecule is O=C1c2cc(-c3nnc(C(F)F)o3)ccc2CN1C(c1ccccc1)C(O)c1ccccc1F. The number of nitrogens with zero attached hydrogens (tertiary/aromatic N) is 3. The van der Waals surface area contributed by atoms with Crippen molar-refractivity contribution in [3.05, 3.63) is 107 Å². The van der Waals surface area contributed by atoms with Gasteiger partial charge in [0, 0.05) is 23.2 Å². The fourth-order valence-corrected chi connectivity index (χ4v) is 4.19. The first-order valence-corrected chi connectivity index (χ1v) is 10.5. The highest BCUT2D eigenvalue weighted by Gasteiger charge is 2.38. The molecule has 0 saturated heterocycles. The molecule has 2 atom stereocenters. The molecule has 0 aliphatic carbocycles. The first-order valence-electron chi connectivity index (χ1n) is 10.5. The number of fused-ring (bicyclic) bond motifs is 1. The predicted octanol–water partition coefficient (Wildman–Crippen LogP) is 5.24. The van der Waals surface area contributed by atoms with E-state index >= 15 is 0 Å². The molecule has 0 radical (unpaired) electrons. The van der Waals surface area contributed by atoms with E-state index in [0.717, 1.165) is 0 Å². The average Bonchev–Trinajstić information content (AvgIpc) is 3.46. The number of carbonyl (C=O) groups is 1. The van der Waals surface area contributed by atoms with Crippen molar-refractivity contribution in [2.75, 3.05) is 0 Å². The molecule has 5 rings (SSSR count). The lowest BCUT2D eigenvalue weighted by Crippen LogP contribution is -2.33. The summed E-state index contributed by atoms with van der Waals surface area (Å²) in [7, 11) is 0. The standard InChI is InChI=1S/C25H18F3N3O3/c26-19-9-5-4-8-17(19)21(32)20(14-6-2-1-3-7-14)31-13-16-11-10-15(12-18(16)25(31)33)23-29-30-24(34-23)22(27)28/h1-12,20-22,32H,13H2. The van der Waals surface area contributed by atoms with E-state index in [-0.39, 0.29) is 18.0 Å². The van der Waals surface area contributed by atoms with E-state index < -0.39 is 36.2 Å². The number of aromatic nitrogens is 2. The molecule has 0 spiro atoms. The fraction of sp³-hybridized carbons (Fsp3) is 0.160. The van der Waals surface area contributed by atoms with Crippen molar-refractivity contribution >= 4 is 5.91 Å². The molecule has 3 aromatic carbocycles. The highest BCUT2D eigenvalue weighted by Crippen LogP contribution is 2.40. The number of hydrogen-bond donors (Lipinski definition) is 1. The minimum absolute atomic E-state index is 0.0752. The van der Waals surface area contributed by atoms with E-state index in [2.05, 4.69) is 10.2 Å². The minimum Gasteiger partial charge on any atom is -0.415 e. The maximum absolute atomic E-state index is 14.5. The third-order valence-electron chi connectivity index (χ3n) is 5.82. The van der Waals surface area contributed by atoms with Crippen LogP contribution >= 0.6 is 0 Å². The number of carbonyl (C=O) groups excluding carboxylic acids is 1. The van der Waals surface area contributed by atoms with Gasteiger partial charge in [0.05, 0.1) is 6.04 Å². The van der Waals surface area contributed by atoms with Crippen LogP contribution in [-0.2, 0) is 6.54 Å². The maximum Gasteiger partial charge on any atom is 0.314 e. The van der Waals surface area contributed by atoms with Gasteiger partial charge in [0.2, 0.25) is 5.89 Å². The third-order valence-corrected chi connectivity index (χ3v) is 5.82. The highest BCUT2D eigenvalue weighted by molar-refractivity contribution is 5.99. The normalized spacial score (nSPS) is 15.0. The van der Waals surface area contributed by atoms with Crippen molar-refractivity contribution in [1.29, 1.82) is 0 Å². The number of rotatable bonds is 6. The van der Waals surface area contributed by atoms with Gasteiger partial charge in [-0.3, -0.25) is 4.79 Å². The van der Waals surface area contributed by atoms with Crippen LogP contribution < -0.4 is 0 Å². The summed E-state index contributed by atoms with van der Waals surface area (Å²) in [5, 5.41) is 18.2. The lowest BCUT2D eigenvalue weighted by atomic mass is 9.94. The zero-order valence-electron chi connectivity index (χ0n) is 17.6. The van der Waals surface area contributed by atoms with E-state index in [0.29, 0.717) is 22.3 Å². The Morgan fingerprint density at radius 1 is 0.971 bits per heavy atom. The molecule has 172 valence electrons. The van der Waals surface area contributed by atoms with Crippen molar-refractivity contribution in [3.8, 4) is 11.5 Å². The number of hydrogen-bond acceptors (Lipinski definition) is 5. The van der Waals surface area contributed by atoms with Gasteiger partial charge in [-0.25, -0.2) is 4.39 Å². The molecule has 2 unspecified atom stereocenters. The Labute approximate surface area is 192 Å². The molecule has 1 aromatic heterocycles. The molecular weight excluding hydrogens is 447 g/mol. The maximum atomic E-state index is 14.5. The molecule has 6 nitrogen and oxygen atoms in total. The summed E-state index contributed by atoms with van der Waals surface area (Å²) in [5.74, 6) is -1.90. The quantitative estimate of drug-likeness (QED) is 0.421.